The third-order valence-corrected chi connectivity index (χ3v) is 1.61. The number of hydrogen-bond donors (Lipinski definition) is 1. The Kier molecular flexibility index (Phi) is 3.78. The van der Waals surface area contributed by atoms with Crippen molar-refractivity contribution < 1.29 is 9.90 Å². The molecule has 0 aromatic rings. The van der Waals surface area contributed by atoms with Crippen LogP contribution in [0.1, 0.15) is 12.8 Å². The van der Waals surface area contributed by atoms with Crippen molar-refractivity contribution in [1.29, 1.82) is 5.26 Å². The second kappa shape index (κ2) is 4.35. The molecular formula is C9H11NO2. The van der Waals surface area contributed by atoms with E-state index in [-0.39, 0.29) is 12.8 Å². The summed E-state index contributed by atoms with van der Waals surface area (Å²) in [5.41, 5.74) is -1.37. The Balaban J connectivity index is 4.76. The van der Waals surface area contributed by atoms with Crippen molar-refractivity contribution >= 4 is 5.97 Å². The fourth-order valence-corrected chi connectivity index (χ4v) is 0.890. The van der Waals surface area contributed by atoms with Gasteiger partial charge in [0.1, 0.15) is 0 Å². The summed E-state index contributed by atoms with van der Waals surface area (Å²) in [6.07, 6.45) is 3.15. The van der Waals surface area contributed by atoms with Crippen LogP contribution >= 0.6 is 0 Å². The first-order chi connectivity index (χ1) is 5.63. The molecule has 0 atom stereocenters. The number of hydrogen-bond acceptors (Lipinski definition) is 2. The molecule has 0 aliphatic carbocycles. The molecule has 0 saturated carbocycles. The van der Waals surface area contributed by atoms with Crippen LogP contribution in [-0.2, 0) is 4.79 Å². The summed E-state index contributed by atoms with van der Waals surface area (Å²) in [6.45, 7) is 6.82. The van der Waals surface area contributed by atoms with Crippen molar-refractivity contribution in [2.75, 3.05) is 0 Å². The van der Waals surface area contributed by atoms with Gasteiger partial charge in [0.2, 0.25) is 0 Å². The zero-order valence-electron chi connectivity index (χ0n) is 6.79. The number of carboxylic acids is 1. The molecule has 0 spiro atoms. The number of nitrogens with zero attached hydrogens (tertiary/aromatic N) is 1. The number of rotatable bonds is 5. The van der Waals surface area contributed by atoms with E-state index in [2.05, 4.69) is 13.2 Å². The Morgan fingerprint density at radius 2 is 1.92 bits per heavy atom. The average Bonchev–Trinajstić information content (AvgIpc) is 2.03. The van der Waals surface area contributed by atoms with Crippen molar-refractivity contribution in [2.24, 2.45) is 5.41 Å². The van der Waals surface area contributed by atoms with Gasteiger partial charge in [-0.3, -0.25) is 4.79 Å². The highest BCUT2D eigenvalue weighted by Gasteiger charge is 2.36. The number of carboxylic acid groups (broad SMARTS) is 1. The summed E-state index contributed by atoms with van der Waals surface area (Å²) in [5.74, 6) is -1.12. The second-order valence-electron chi connectivity index (χ2n) is 2.48. The SMILES string of the molecule is C=CCC(C#N)(CC=C)C(=O)O. The number of carbonyl (C=O) groups is 1. The maximum absolute atomic E-state index is 10.7. The van der Waals surface area contributed by atoms with Crippen LogP contribution < -0.4 is 0 Å². The van der Waals surface area contributed by atoms with E-state index >= 15 is 0 Å². The van der Waals surface area contributed by atoms with Crippen LogP contribution in [0.3, 0.4) is 0 Å². The van der Waals surface area contributed by atoms with E-state index in [1.165, 1.54) is 12.2 Å². The highest BCUT2D eigenvalue weighted by Crippen LogP contribution is 2.26. The van der Waals surface area contributed by atoms with Gasteiger partial charge >= 0.3 is 5.97 Å². The standard InChI is InChI=1S/C9H11NO2/c1-3-5-9(7-10,6-4-2)8(11)12/h3-4H,1-2,5-6H2,(H,11,12). The molecule has 0 fully saturated rings. The third kappa shape index (κ3) is 1.96. The summed E-state index contributed by atoms with van der Waals surface area (Å²) in [6, 6.07) is 1.77. The lowest BCUT2D eigenvalue weighted by Crippen LogP contribution is -2.28. The Bertz CT molecular complexity index is 227. The molecular weight excluding hydrogens is 154 g/mol. The molecule has 3 heteroatoms. The van der Waals surface area contributed by atoms with E-state index in [9.17, 15) is 4.79 Å². The van der Waals surface area contributed by atoms with Crippen molar-refractivity contribution in [3.05, 3.63) is 25.3 Å². The number of aliphatic carboxylic acids is 1. The van der Waals surface area contributed by atoms with Gasteiger partial charge < -0.3 is 5.11 Å². The van der Waals surface area contributed by atoms with Crippen molar-refractivity contribution in [1.82, 2.24) is 0 Å². The monoisotopic (exact) mass is 165 g/mol. The fraction of sp³-hybridized carbons (Fsp3) is 0.333. The van der Waals surface area contributed by atoms with Gasteiger partial charge in [0.05, 0.1) is 6.07 Å². The van der Waals surface area contributed by atoms with Crippen molar-refractivity contribution in [3.63, 3.8) is 0 Å². The van der Waals surface area contributed by atoms with Crippen LogP contribution in [0.25, 0.3) is 0 Å². The third-order valence-electron chi connectivity index (χ3n) is 1.61. The van der Waals surface area contributed by atoms with Gasteiger partial charge in [-0.15, -0.1) is 13.2 Å². The van der Waals surface area contributed by atoms with Crippen LogP contribution in [0.4, 0.5) is 0 Å². The predicted molar refractivity (Wildman–Crippen MR) is 45.3 cm³/mol. The Morgan fingerprint density at radius 1 is 1.50 bits per heavy atom. The van der Waals surface area contributed by atoms with Crippen LogP contribution in [0, 0.1) is 16.7 Å². The molecule has 1 N–H and O–H groups in total. The van der Waals surface area contributed by atoms with Gasteiger partial charge in [-0.2, -0.15) is 5.26 Å². The molecule has 0 rings (SSSR count). The molecule has 3 nitrogen and oxygen atoms in total. The predicted octanol–water partition coefficient (Wildman–Crippen LogP) is 1.73. The molecule has 0 aliphatic heterocycles. The summed E-state index contributed by atoms with van der Waals surface area (Å²) in [5, 5.41) is 17.5. The molecule has 0 amide bonds. The molecule has 0 radical (unpaired) electrons. The first-order valence-corrected chi connectivity index (χ1v) is 3.49. The van der Waals surface area contributed by atoms with Gasteiger partial charge in [-0.1, -0.05) is 12.2 Å². The Morgan fingerprint density at radius 3 is 2.08 bits per heavy atom. The van der Waals surface area contributed by atoms with Crippen LogP contribution in [0.2, 0.25) is 0 Å². The summed E-state index contributed by atoms with van der Waals surface area (Å²) in [7, 11) is 0. The molecule has 0 aromatic carbocycles. The second-order valence-corrected chi connectivity index (χ2v) is 2.48. The topological polar surface area (TPSA) is 61.1 Å². The maximum atomic E-state index is 10.7. The smallest absolute Gasteiger partial charge is 0.324 e. The normalized spacial score (nSPS) is 9.92. The summed E-state index contributed by atoms with van der Waals surface area (Å²) >= 11 is 0. The Labute approximate surface area is 71.6 Å². The first-order valence-electron chi connectivity index (χ1n) is 3.49. The number of allylic oxidation sites excluding steroid dienone is 2. The summed E-state index contributed by atoms with van der Waals surface area (Å²) < 4.78 is 0. The molecule has 0 saturated heterocycles. The van der Waals surface area contributed by atoms with Crippen molar-refractivity contribution in [2.45, 2.75) is 12.8 Å². The highest BCUT2D eigenvalue weighted by atomic mass is 16.4. The van der Waals surface area contributed by atoms with Crippen LogP contribution in [0.5, 0.6) is 0 Å². The molecule has 0 bridgehead atoms. The van der Waals surface area contributed by atoms with Gasteiger partial charge in [-0.25, -0.2) is 0 Å². The molecule has 0 unspecified atom stereocenters. The van der Waals surface area contributed by atoms with Gasteiger partial charge in [0.25, 0.3) is 0 Å². The quantitative estimate of drug-likeness (QED) is 0.631. The molecule has 64 valence electrons. The fourth-order valence-electron chi connectivity index (χ4n) is 0.890. The minimum absolute atomic E-state index is 0.144. The van der Waals surface area contributed by atoms with Gasteiger partial charge in [0, 0.05) is 0 Å². The van der Waals surface area contributed by atoms with Gasteiger partial charge in [-0.05, 0) is 12.8 Å². The largest absolute Gasteiger partial charge is 0.480 e. The Hall–Kier alpha value is -1.56. The number of nitriles is 1. The van der Waals surface area contributed by atoms with E-state index in [1.54, 1.807) is 6.07 Å². The molecule has 0 aliphatic rings. The highest BCUT2D eigenvalue weighted by molar-refractivity contribution is 5.78. The van der Waals surface area contributed by atoms with E-state index in [4.69, 9.17) is 10.4 Å². The zero-order chi connectivity index (χ0) is 9.61. The molecule has 12 heavy (non-hydrogen) atoms. The minimum atomic E-state index is -1.37. The summed E-state index contributed by atoms with van der Waals surface area (Å²) in [4.78, 5) is 10.7. The van der Waals surface area contributed by atoms with Gasteiger partial charge in [0.15, 0.2) is 5.41 Å². The van der Waals surface area contributed by atoms with E-state index < -0.39 is 11.4 Å². The lowest BCUT2D eigenvalue weighted by Gasteiger charge is -2.17. The van der Waals surface area contributed by atoms with E-state index in [1.807, 2.05) is 0 Å². The van der Waals surface area contributed by atoms with E-state index in [0.717, 1.165) is 0 Å². The minimum Gasteiger partial charge on any atom is -0.480 e. The lowest BCUT2D eigenvalue weighted by atomic mass is 9.83. The molecule has 0 heterocycles. The lowest BCUT2D eigenvalue weighted by molar-refractivity contribution is -0.145. The van der Waals surface area contributed by atoms with Crippen LogP contribution in [0.15, 0.2) is 25.3 Å². The molecule has 0 aromatic heterocycles. The maximum Gasteiger partial charge on any atom is 0.324 e. The van der Waals surface area contributed by atoms with Crippen LogP contribution in [-0.4, -0.2) is 11.1 Å². The zero-order valence-corrected chi connectivity index (χ0v) is 6.79. The average molecular weight is 165 g/mol. The van der Waals surface area contributed by atoms with E-state index in [0.29, 0.717) is 0 Å². The van der Waals surface area contributed by atoms with Crippen molar-refractivity contribution in [3.8, 4) is 6.07 Å². The first kappa shape index (κ1) is 10.4.